The second kappa shape index (κ2) is 8.43. The van der Waals surface area contributed by atoms with E-state index in [-0.39, 0.29) is 16.6 Å². The molecule has 0 N–H and O–H groups in total. The van der Waals surface area contributed by atoms with Gasteiger partial charge in [0.1, 0.15) is 28.8 Å². The van der Waals surface area contributed by atoms with Crippen LogP contribution in [-0.2, 0) is 0 Å². The molecule has 0 aliphatic rings. The van der Waals surface area contributed by atoms with E-state index in [9.17, 15) is 9.18 Å². The zero-order valence-electron chi connectivity index (χ0n) is 15.9. The van der Waals surface area contributed by atoms with Gasteiger partial charge in [0, 0.05) is 17.2 Å². The molecule has 0 aliphatic heterocycles. The average molecular weight is 423 g/mol. The monoisotopic (exact) mass is 422 g/mol. The topological polar surface area (TPSA) is 48.7 Å². The molecule has 0 radical (unpaired) electrons. The summed E-state index contributed by atoms with van der Waals surface area (Å²) in [6.45, 7) is 0. The van der Waals surface area contributed by atoms with Gasteiger partial charge in [0.2, 0.25) is 5.78 Å². The number of halogens is 2. The van der Waals surface area contributed by atoms with Gasteiger partial charge >= 0.3 is 0 Å². The summed E-state index contributed by atoms with van der Waals surface area (Å²) in [4.78, 5) is 12.7. The van der Waals surface area contributed by atoms with Crippen molar-refractivity contribution < 1.29 is 23.1 Å². The Morgan fingerprint density at radius 2 is 1.67 bits per heavy atom. The quantitative estimate of drug-likeness (QED) is 0.322. The molecular weight excluding hydrogens is 407 g/mol. The first-order chi connectivity index (χ1) is 14.5. The van der Waals surface area contributed by atoms with Crippen molar-refractivity contribution in [3.63, 3.8) is 0 Å². The number of ketones is 1. The molecule has 3 aromatic carbocycles. The third kappa shape index (κ3) is 4.21. The number of carbonyl (C=O) groups is 1. The van der Waals surface area contributed by atoms with Crippen LogP contribution in [0.5, 0.6) is 17.2 Å². The van der Waals surface area contributed by atoms with E-state index >= 15 is 0 Å². The predicted molar refractivity (Wildman–Crippen MR) is 112 cm³/mol. The van der Waals surface area contributed by atoms with Crippen molar-refractivity contribution in [2.75, 3.05) is 7.11 Å². The number of furan rings is 1. The number of hydrogen-bond donors (Lipinski definition) is 0. The van der Waals surface area contributed by atoms with Gasteiger partial charge in [0.25, 0.3) is 0 Å². The van der Waals surface area contributed by atoms with Crippen molar-refractivity contribution in [3.05, 3.63) is 101 Å². The predicted octanol–water partition coefficient (Wildman–Crippen LogP) is 6.77. The number of hydrogen-bond acceptors (Lipinski definition) is 4. The second-order valence-electron chi connectivity index (χ2n) is 6.43. The van der Waals surface area contributed by atoms with E-state index in [0.29, 0.717) is 34.1 Å². The van der Waals surface area contributed by atoms with Crippen LogP contribution in [0.15, 0.2) is 83.3 Å². The molecule has 0 aliphatic carbocycles. The average Bonchev–Trinajstić information content (AvgIpc) is 3.26. The zero-order chi connectivity index (χ0) is 21.1. The van der Waals surface area contributed by atoms with E-state index in [1.54, 1.807) is 55.6 Å². The third-order valence-corrected chi connectivity index (χ3v) is 4.72. The summed E-state index contributed by atoms with van der Waals surface area (Å²) in [5.41, 5.74) is 1.04. The highest BCUT2D eigenvalue weighted by Gasteiger charge is 2.15. The maximum absolute atomic E-state index is 13.3. The lowest BCUT2D eigenvalue weighted by atomic mass is 10.1. The fourth-order valence-electron chi connectivity index (χ4n) is 2.88. The molecular formula is C24H16ClFO4. The summed E-state index contributed by atoms with van der Waals surface area (Å²) in [6.07, 6.45) is 0. The Hall–Kier alpha value is -3.57. The molecule has 0 fully saturated rings. The van der Waals surface area contributed by atoms with Gasteiger partial charge in [-0.25, -0.2) is 4.39 Å². The fourth-order valence-corrected chi connectivity index (χ4v) is 3.06. The Kier molecular flexibility index (Phi) is 5.55. The Balaban J connectivity index is 1.50. The van der Waals surface area contributed by atoms with E-state index in [0.717, 1.165) is 0 Å². The summed E-state index contributed by atoms with van der Waals surface area (Å²) in [5.74, 6) is 1.71. The minimum atomic E-state index is -0.514. The van der Waals surface area contributed by atoms with E-state index in [1.807, 2.05) is 18.2 Å². The first-order valence-electron chi connectivity index (χ1n) is 9.05. The Morgan fingerprint density at radius 1 is 0.900 bits per heavy atom. The van der Waals surface area contributed by atoms with Crippen LogP contribution >= 0.6 is 11.6 Å². The molecule has 4 aromatic rings. The smallest absolute Gasteiger partial charge is 0.228 e. The molecule has 4 nitrogen and oxygen atoms in total. The summed E-state index contributed by atoms with van der Waals surface area (Å²) in [5, 5.41) is -0.0107. The van der Waals surface area contributed by atoms with Crippen molar-refractivity contribution in [2.45, 2.75) is 0 Å². The van der Waals surface area contributed by atoms with Crippen LogP contribution in [-0.4, -0.2) is 12.9 Å². The summed E-state index contributed by atoms with van der Waals surface area (Å²) >= 11 is 5.82. The van der Waals surface area contributed by atoms with Crippen LogP contribution in [0.3, 0.4) is 0 Å². The summed E-state index contributed by atoms with van der Waals surface area (Å²) < 4.78 is 30.0. The van der Waals surface area contributed by atoms with Gasteiger partial charge in [-0.15, -0.1) is 0 Å². The van der Waals surface area contributed by atoms with Gasteiger partial charge in [-0.1, -0.05) is 17.7 Å². The highest BCUT2D eigenvalue weighted by Crippen LogP contribution is 2.29. The largest absolute Gasteiger partial charge is 0.497 e. The second-order valence-corrected chi connectivity index (χ2v) is 6.83. The van der Waals surface area contributed by atoms with Gasteiger partial charge < -0.3 is 13.9 Å². The normalized spacial score (nSPS) is 10.6. The van der Waals surface area contributed by atoms with Crippen LogP contribution in [0.2, 0.25) is 5.02 Å². The fraction of sp³-hybridized carbons (Fsp3) is 0.0417. The van der Waals surface area contributed by atoms with Crippen LogP contribution in [0.4, 0.5) is 4.39 Å². The number of methoxy groups -OCH3 is 1. The van der Waals surface area contributed by atoms with Gasteiger partial charge in [0.05, 0.1) is 12.1 Å². The van der Waals surface area contributed by atoms with Crippen molar-refractivity contribution in [2.24, 2.45) is 0 Å². The number of benzene rings is 3. The van der Waals surface area contributed by atoms with Crippen molar-refractivity contribution in [1.29, 1.82) is 0 Å². The molecule has 0 amide bonds. The number of ether oxygens (including phenoxy) is 2. The SMILES string of the molecule is COc1cccc(Oc2ccc(C(=O)c3ccc(-c4ccc(F)c(Cl)c4)o3)cc2)c1. The number of rotatable bonds is 6. The van der Waals surface area contributed by atoms with E-state index in [1.165, 1.54) is 12.1 Å². The lowest BCUT2D eigenvalue weighted by Crippen LogP contribution is -1.99. The number of carbonyl (C=O) groups excluding carboxylic acids is 1. The summed E-state index contributed by atoms with van der Waals surface area (Å²) in [7, 11) is 1.59. The molecule has 1 heterocycles. The van der Waals surface area contributed by atoms with E-state index < -0.39 is 5.82 Å². The molecule has 0 saturated carbocycles. The van der Waals surface area contributed by atoms with Crippen molar-refractivity contribution in [3.8, 4) is 28.6 Å². The highest BCUT2D eigenvalue weighted by atomic mass is 35.5. The molecule has 0 unspecified atom stereocenters. The van der Waals surface area contributed by atoms with Crippen molar-refractivity contribution in [1.82, 2.24) is 0 Å². The minimum Gasteiger partial charge on any atom is -0.497 e. The standard InChI is InChI=1S/C24H16ClFO4/c1-28-18-3-2-4-19(14-18)29-17-8-5-15(6-9-17)24(27)23-12-11-22(30-23)16-7-10-21(26)20(25)13-16/h2-14H,1H3. The minimum absolute atomic E-state index is 0.0107. The Morgan fingerprint density at radius 3 is 2.40 bits per heavy atom. The Bertz CT molecular complexity index is 1200. The van der Waals surface area contributed by atoms with Gasteiger partial charge in [-0.2, -0.15) is 0 Å². The lowest BCUT2D eigenvalue weighted by Gasteiger charge is -2.07. The molecule has 4 rings (SSSR count). The Labute approximate surface area is 177 Å². The van der Waals surface area contributed by atoms with Crippen LogP contribution < -0.4 is 9.47 Å². The highest BCUT2D eigenvalue weighted by molar-refractivity contribution is 6.31. The van der Waals surface area contributed by atoms with Gasteiger partial charge in [-0.05, 0) is 66.7 Å². The molecule has 150 valence electrons. The summed E-state index contributed by atoms with van der Waals surface area (Å²) in [6, 6.07) is 21.4. The maximum atomic E-state index is 13.3. The van der Waals surface area contributed by atoms with E-state index in [4.69, 9.17) is 25.5 Å². The molecule has 1 aromatic heterocycles. The zero-order valence-corrected chi connectivity index (χ0v) is 16.7. The van der Waals surface area contributed by atoms with Crippen LogP contribution in [0.25, 0.3) is 11.3 Å². The van der Waals surface area contributed by atoms with Crippen molar-refractivity contribution >= 4 is 17.4 Å². The maximum Gasteiger partial charge on any atom is 0.228 e. The van der Waals surface area contributed by atoms with E-state index in [2.05, 4.69) is 0 Å². The molecule has 0 bridgehead atoms. The molecule has 30 heavy (non-hydrogen) atoms. The van der Waals surface area contributed by atoms with Gasteiger partial charge in [-0.3, -0.25) is 4.79 Å². The molecule has 0 saturated heterocycles. The lowest BCUT2D eigenvalue weighted by molar-refractivity contribution is 0.101. The first-order valence-corrected chi connectivity index (χ1v) is 9.43. The third-order valence-electron chi connectivity index (χ3n) is 4.43. The molecule has 0 spiro atoms. The van der Waals surface area contributed by atoms with Crippen LogP contribution in [0.1, 0.15) is 16.1 Å². The molecule has 0 atom stereocenters. The molecule has 6 heteroatoms. The van der Waals surface area contributed by atoms with Gasteiger partial charge in [0.15, 0.2) is 5.76 Å². The van der Waals surface area contributed by atoms with Crippen LogP contribution in [0, 0.1) is 5.82 Å². The first kappa shape index (κ1) is 19.7.